The maximum Gasteiger partial charge on any atom is 0.246 e. The van der Waals surface area contributed by atoms with Crippen molar-refractivity contribution in [2.45, 2.75) is 45.9 Å². The van der Waals surface area contributed by atoms with Gasteiger partial charge in [0.1, 0.15) is 17.5 Å². The molecule has 1 fully saturated rings. The Morgan fingerprint density at radius 2 is 1.78 bits per heavy atom. The molecule has 2 aromatic heterocycles. The first-order valence-electron chi connectivity index (χ1n) is 14.2. The molecule has 2 aliphatic heterocycles. The number of aromatic nitrogens is 2. The Bertz CT molecular complexity index is 1830. The summed E-state index contributed by atoms with van der Waals surface area (Å²) in [5, 5.41) is 21.8. The normalized spacial score (nSPS) is 18.2. The Kier molecular flexibility index (Phi) is 8.81. The largest absolute Gasteiger partial charge is 0.368 e. The van der Waals surface area contributed by atoms with Gasteiger partial charge >= 0.3 is 0 Å². The number of anilines is 2. The first kappa shape index (κ1) is 32.8. The van der Waals surface area contributed by atoms with Crippen molar-refractivity contribution in [3.8, 4) is 17.3 Å². The molecule has 1 unspecified atom stereocenters. The molecule has 1 amide bonds. The number of aliphatic hydroxyl groups excluding tert-OH is 1. The maximum atomic E-state index is 15.1. The van der Waals surface area contributed by atoms with Crippen LogP contribution in [0.1, 0.15) is 43.5 Å². The third-order valence-electron chi connectivity index (χ3n) is 8.11. The standard InChI is InChI=1S/C32H28ClF5N6O2/c1-6-20(45)43-10-9-42(13-16(43)5)30-17-11-19(33)28(21-22(34)24(36)26(38)25(37)23(21)35)41-31(17)44(32(46)18(30)12-39)29-15(4)7-8-40-27(29)14(2)3/h6-8,11,14,16,32,46H,1,9-10,13H2,2-5H3/t16-,32?/m1/s1. The van der Waals surface area contributed by atoms with Crippen molar-refractivity contribution >= 4 is 34.7 Å². The van der Waals surface area contributed by atoms with E-state index in [0.717, 1.165) is 0 Å². The molecule has 1 aromatic carbocycles. The van der Waals surface area contributed by atoms with E-state index >= 15 is 8.78 Å². The number of carbonyl (C=O) groups excluding carboxylic acids is 1. The number of halogens is 6. The summed E-state index contributed by atoms with van der Waals surface area (Å²) in [5.74, 6) is -11.7. The van der Waals surface area contributed by atoms with Gasteiger partial charge in [-0.15, -0.1) is 0 Å². The van der Waals surface area contributed by atoms with Crippen molar-refractivity contribution in [3.05, 3.63) is 87.5 Å². The molecule has 14 heteroatoms. The van der Waals surface area contributed by atoms with Gasteiger partial charge in [-0.2, -0.15) is 5.26 Å². The minimum absolute atomic E-state index is 0.122. The van der Waals surface area contributed by atoms with E-state index in [2.05, 4.69) is 22.6 Å². The first-order chi connectivity index (χ1) is 21.7. The highest BCUT2D eigenvalue weighted by atomic mass is 35.5. The predicted molar refractivity (Wildman–Crippen MR) is 161 cm³/mol. The van der Waals surface area contributed by atoms with Crippen LogP contribution in [0.15, 0.2) is 36.6 Å². The highest BCUT2D eigenvalue weighted by Gasteiger charge is 2.41. The first-order valence-corrected chi connectivity index (χ1v) is 14.6. The third kappa shape index (κ3) is 5.15. The van der Waals surface area contributed by atoms with Crippen LogP contribution in [0, 0.1) is 47.3 Å². The van der Waals surface area contributed by atoms with E-state index in [9.17, 15) is 28.3 Å². The molecule has 46 heavy (non-hydrogen) atoms. The van der Waals surface area contributed by atoms with Gasteiger partial charge in [-0.25, -0.2) is 26.9 Å². The van der Waals surface area contributed by atoms with Gasteiger partial charge in [-0.05, 0) is 43.5 Å². The topological polar surface area (TPSA) is 96.6 Å². The number of carbonyl (C=O) groups is 1. The number of piperazine rings is 1. The fourth-order valence-electron chi connectivity index (χ4n) is 5.93. The van der Waals surface area contributed by atoms with Gasteiger partial charge in [-0.1, -0.05) is 32.0 Å². The molecule has 2 atom stereocenters. The molecule has 0 aliphatic carbocycles. The molecule has 5 rings (SSSR count). The zero-order chi connectivity index (χ0) is 33.8. The summed E-state index contributed by atoms with van der Waals surface area (Å²) >= 11 is 6.52. The zero-order valence-electron chi connectivity index (χ0n) is 25.2. The van der Waals surface area contributed by atoms with Gasteiger partial charge in [0, 0.05) is 37.4 Å². The molecule has 0 radical (unpaired) electrons. The van der Waals surface area contributed by atoms with Crippen molar-refractivity contribution in [1.29, 1.82) is 5.26 Å². The number of hydrogen-bond acceptors (Lipinski definition) is 7. The van der Waals surface area contributed by atoms with Crippen LogP contribution < -0.4 is 4.90 Å². The molecule has 1 saturated heterocycles. The van der Waals surface area contributed by atoms with Crippen LogP contribution in [0.5, 0.6) is 0 Å². The van der Waals surface area contributed by atoms with Gasteiger partial charge in [0.05, 0.1) is 33.4 Å². The number of aliphatic hydroxyl groups is 1. The SMILES string of the molecule is C=CC(=O)N1CCN(C2=C(C#N)C(O)N(c3c(C)ccnc3C(C)C)c3nc(-c4c(F)c(F)c(F)c(F)c4F)c(Cl)cc32)C[C@H]1C. The lowest BCUT2D eigenvalue weighted by Gasteiger charge is -2.45. The summed E-state index contributed by atoms with van der Waals surface area (Å²) in [6.07, 6.45) is 1.02. The van der Waals surface area contributed by atoms with Gasteiger partial charge in [0.2, 0.25) is 11.7 Å². The summed E-state index contributed by atoms with van der Waals surface area (Å²) < 4.78 is 72.8. The van der Waals surface area contributed by atoms with Crippen molar-refractivity contribution in [2.24, 2.45) is 0 Å². The van der Waals surface area contributed by atoms with Crippen LogP contribution >= 0.6 is 11.6 Å². The highest BCUT2D eigenvalue weighted by Crippen LogP contribution is 2.48. The van der Waals surface area contributed by atoms with Gasteiger partial charge in [0.25, 0.3) is 0 Å². The monoisotopic (exact) mass is 658 g/mol. The quantitative estimate of drug-likeness (QED) is 0.148. The van der Waals surface area contributed by atoms with Gasteiger partial charge < -0.3 is 14.9 Å². The van der Waals surface area contributed by atoms with Crippen LogP contribution in [0.2, 0.25) is 5.02 Å². The van der Waals surface area contributed by atoms with Crippen molar-refractivity contribution in [2.75, 3.05) is 24.5 Å². The third-order valence-corrected chi connectivity index (χ3v) is 8.40. The van der Waals surface area contributed by atoms with Crippen molar-refractivity contribution < 1.29 is 31.9 Å². The summed E-state index contributed by atoms with van der Waals surface area (Å²) in [6, 6.07) is 4.57. The Morgan fingerprint density at radius 3 is 2.35 bits per heavy atom. The van der Waals surface area contributed by atoms with E-state index in [1.54, 1.807) is 35.9 Å². The summed E-state index contributed by atoms with van der Waals surface area (Å²) in [5.41, 5.74) is -0.526. The number of nitrogens with zero attached hydrogens (tertiary/aromatic N) is 6. The Hall–Kier alpha value is -4.54. The Morgan fingerprint density at radius 1 is 1.15 bits per heavy atom. The second-order valence-corrected chi connectivity index (χ2v) is 11.7. The molecule has 8 nitrogen and oxygen atoms in total. The van der Waals surface area contributed by atoms with Crippen molar-refractivity contribution in [3.63, 3.8) is 0 Å². The number of rotatable bonds is 5. The lowest BCUT2D eigenvalue weighted by Crippen LogP contribution is -2.54. The molecule has 4 heterocycles. The average Bonchev–Trinajstić information content (AvgIpc) is 3.02. The molecular formula is C32H28ClF5N6O2. The molecule has 3 aromatic rings. The minimum Gasteiger partial charge on any atom is -0.368 e. The number of amides is 1. The molecular weight excluding hydrogens is 631 g/mol. The van der Waals surface area contributed by atoms with E-state index in [0.29, 0.717) is 16.9 Å². The summed E-state index contributed by atoms with van der Waals surface area (Å²) in [4.78, 5) is 25.8. The fraction of sp³-hybridized carbons (Fsp3) is 0.312. The smallest absolute Gasteiger partial charge is 0.246 e. The van der Waals surface area contributed by atoms with E-state index in [1.165, 1.54) is 17.0 Å². The number of benzene rings is 1. The number of pyridine rings is 2. The van der Waals surface area contributed by atoms with E-state index in [-0.39, 0.29) is 60.2 Å². The molecule has 0 bridgehead atoms. The predicted octanol–water partition coefficient (Wildman–Crippen LogP) is 6.35. The fourth-order valence-corrected chi connectivity index (χ4v) is 6.18. The van der Waals surface area contributed by atoms with Gasteiger partial charge in [0.15, 0.2) is 29.5 Å². The van der Waals surface area contributed by atoms with Crippen LogP contribution in [0.4, 0.5) is 33.5 Å². The second kappa shape index (κ2) is 12.3. The maximum absolute atomic E-state index is 15.1. The van der Waals surface area contributed by atoms with E-state index < -0.39 is 51.6 Å². The lowest BCUT2D eigenvalue weighted by atomic mass is 9.94. The van der Waals surface area contributed by atoms with Crippen molar-refractivity contribution in [1.82, 2.24) is 19.8 Å². The van der Waals surface area contributed by atoms with Crippen LogP contribution in [0.3, 0.4) is 0 Å². The number of hydrogen-bond donors (Lipinski definition) is 1. The highest BCUT2D eigenvalue weighted by molar-refractivity contribution is 6.33. The van der Waals surface area contributed by atoms with Crippen LogP contribution in [-0.4, -0.2) is 62.7 Å². The number of fused-ring (bicyclic) bond motifs is 1. The molecule has 0 spiro atoms. The van der Waals surface area contributed by atoms with Gasteiger partial charge in [-0.3, -0.25) is 14.7 Å². The average molecular weight is 659 g/mol. The summed E-state index contributed by atoms with van der Waals surface area (Å²) in [6.45, 7) is 11.4. The number of aryl methyl sites for hydroxylation is 1. The number of nitriles is 1. The molecule has 2 aliphatic rings. The van der Waals surface area contributed by atoms with E-state index in [1.807, 2.05) is 13.8 Å². The Balaban J connectivity index is 1.83. The van der Waals surface area contributed by atoms with Crippen LogP contribution in [-0.2, 0) is 4.79 Å². The minimum atomic E-state index is -2.34. The van der Waals surface area contributed by atoms with Crippen LogP contribution in [0.25, 0.3) is 17.0 Å². The second-order valence-electron chi connectivity index (χ2n) is 11.3. The molecule has 240 valence electrons. The molecule has 1 N–H and O–H groups in total. The molecule has 0 saturated carbocycles. The Labute approximate surface area is 266 Å². The van der Waals surface area contributed by atoms with E-state index in [4.69, 9.17) is 11.6 Å². The lowest BCUT2D eigenvalue weighted by molar-refractivity contribution is -0.129. The summed E-state index contributed by atoms with van der Waals surface area (Å²) in [7, 11) is 0. The zero-order valence-corrected chi connectivity index (χ0v) is 25.9.